The van der Waals surface area contributed by atoms with E-state index in [-0.39, 0.29) is 21.6 Å². The highest BCUT2D eigenvalue weighted by Gasteiger charge is 2.11. The van der Waals surface area contributed by atoms with Gasteiger partial charge in [0, 0.05) is 16.9 Å². The first kappa shape index (κ1) is 13.1. The van der Waals surface area contributed by atoms with Crippen LogP contribution >= 0.6 is 34.8 Å². The fraction of sp³-hybridized carbons (Fsp3) is 0. The lowest BCUT2D eigenvalue weighted by Crippen LogP contribution is -2.12. The highest BCUT2D eigenvalue weighted by Crippen LogP contribution is 2.20. The zero-order chi connectivity index (χ0) is 13.1. The van der Waals surface area contributed by atoms with Crippen molar-refractivity contribution in [1.82, 2.24) is 4.98 Å². The minimum absolute atomic E-state index is 0.209. The summed E-state index contributed by atoms with van der Waals surface area (Å²) < 4.78 is 0. The zero-order valence-corrected chi connectivity index (χ0v) is 11.2. The summed E-state index contributed by atoms with van der Waals surface area (Å²) in [7, 11) is 0. The Morgan fingerprint density at radius 1 is 1.11 bits per heavy atom. The van der Waals surface area contributed by atoms with Crippen LogP contribution in [0.1, 0.15) is 10.4 Å². The number of nitrogens with zero attached hydrogens (tertiary/aromatic N) is 1. The van der Waals surface area contributed by atoms with E-state index < -0.39 is 0 Å². The molecule has 18 heavy (non-hydrogen) atoms. The van der Waals surface area contributed by atoms with Crippen LogP contribution in [-0.2, 0) is 0 Å². The van der Waals surface area contributed by atoms with E-state index in [0.717, 1.165) is 0 Å². The molecule has 1 aromatic carbocycles. The van der Waals surface area contributed by atoms with Crippen LogP contribution in [0.15, 0.2) is 36.5 Å². The second-order valence-corrected chi connectivity index (χ2v) is 4.68. The molecule has 1 N–H and O–H groups in total. The first-order valence-corrected chi connectivity index (χ1v) is 6.07. The van der Waals surface area contributed by atoms with Gasteiger partial charge in [0.25, 0.3) is 5.91 Å². The van der Waals surface area contributed by atoms with E-state index in [1.165, 1.54) is 12.3 Å². The third-order valence-corrected chi connectivity index (χ3v) is 2.93. The first-order valence-electron chi connectivity index (χ1n) is 4.94. The monoisotopic (exact) mass is 300 g/mol. The third kappa shape index (κ3) is 3.13. The second-order valence-electron chi connectivity index (χ2n) is 3.45. The van der Waals surface area contributed by atoms with Crippen LogP contribution in [0, 0.1) is 0 Å². The molecule has 0 aliphatic heterocycles. The van der Waals surface area contributed by atoms with Gasteiger partial charge in [-0.1, -0.05) is 34.8 Å². The topological polar surface area (TPSA) is 42.0 Å². The number of anilines is 1. The van der Waals surface area contributed by atoms with E-state index in [2.05, 4.69) is 10.3 Å². The number of aromatic nitrogens is 1. The maximum Gasteiger partial charge on any atom is 0.257 e. The van der Waals surface area contributed by atoms with Gasteiger partial charge in [-0.3, -0.25) is 4.79 Å². The molecule has 1 heterocycles. The van der Waals surface area contributed by atoms with Gasteiger partial charge in [0.2, 0.25) is 0 Å². The minimum atomic E-state index is -0.355. The molecule has 0 saturated heterocycles. The van der Waals surface area contributed by atoms with Gasteiger partial charge in [0.05, 0.1) is 10.6 Å². The van der Waals surface area contributed by atoms with Crippen LogP contribution in [0.25, 0.3) is 0 Å². The molecule has 6 heteroatoms. The van der Waals surface area contributed by atoms with Gasteiger partial charge >= 0.3 is 0 Å². The molecule has 0 fully saturated rings. The van der Waals surface area contributed by atoms with E-state index in [1.807, 2.05) is 0 Å². The van der Waals surface area contributed by atoms with E-state index in [1.54, 1.807) is 24.3 Å². The Morgan fingerprint density at radius 3 is 2.44 bits per heavy atom. The predicted molar refractivity (Wildman–Crippen MR) is 73.7 cm³/mol. The molecule has 0 radical (unpaired) electrons. The molecule has 0 aliphatic rings. The van der Waals surface area contributed by atoms with E-state index >= 15 is 0 Å². The van der Waals surface area contributed by atoms with Gasteiger partial charge in [0.1, 0.15) is 5.15 Å². The maximum atomic E-state index is 12.0. The van der Waals surface area contributed by atoms with Crippen LogP contribution in [0.5, 0.6) is 0 Å². The number of amides is 1. The van der Waals surface area contributed by atoms with Crippen molar-refractivity contribution < 1.29 is 4.79 Å². The number of hydrogen-bond acceptors (Lipinski definition) is 2. The molecule has 0 spiro atoms. The van der Waals surface area contributed by atoms with E-state index in [9.17, 15) is 4.79 Å². The van der Waals surface area contributed by atoms with Crippen molar-refractivity contribution in [2.24, 2.45) is 0 Å². The summed E-state index contributed by atoms with van der Waals surface area (Å²) in [6, 6.07) is 8.15. The molecule has 0 aliphatic carbocycles. The number of hydrogen-bond donors (Lipinski definition) is 1. The summed E-state index contributed by atoms with van der Waals surface area (Å²) in [6.07, 6.45) is 1.33. The average Bonchev–Trinajstić information content (AvgIpc) is 2.35. The molecular formula is C12H7Cl3N2O. The lowest BCUT2D eigenvalue weighted by atomic mass is 10.2. The lowest BCUT2D eigenvalue weighted by molar-refractivity contribution is 0.102. The molecule has 0 unspecified atom stereocenters. The van der Waals surface area contributed by atoms with Crippen LogP contribution < -0.4 is 5.32 Å². The molecule has 2 rings (SSSR count). The van der Waals surface area contributed by atoms with Gasteiger partial charge in [-0.25, -0.2) is 4.98 Å². The van der Waals surface area contributed by atoms with Crippen molar-refractivity contribution in [2.45, 2.75) is 0 Å². The zero-order valence-electron chi connectivity index (χ0n) is 8.95. The smallest absolute Gasteiger partial charge is 0.257 e. The SMILES string of the molecule is O=C(Nc1ccc(Cl)cc1)c1cc(Cl)ncc1Cl. The van der Waals surface area contributed by atoms with Crippen molar-refractivity contribution in [1.29, 1.82) is 0 Å². The number of nitrogens with one attached hydrogen (secondary N) is 1. The quantitative estimate of drug-likeness (QED) is 0.841. The van der Waals surface area contributed by atoms with Crippen LogP contribution in [0.2, 0.25) is 15.2 Å². The van der Waals surface area contributed by atoms with Gasteiger partial charge in [-0.05, 0) is 30.3 Å². The molecule has 1 aromatic heterocycles. The summed E-state index contributed by atoms with van der Waals surface area (Å²) in [6.45, 7) is 0. The van der Waals surface area contributed by atoms with Crippen molar-refractivity contribution in [2.75, 3.05) is 5.32 Å². The van der Waals surface area contributed by atoms with Crippen LogP contribution in [0.4, 0.5) is 5.69 Å². The summed E-state index contributed by atoms with van der Waals surface area (Å²) >= 11 is 17.3. The molecule has 3 nitrogen and oxygen atoms in total. The highest BCUT2D eigenvalue weighted by molar-refractivity contribution is 6.35. The van der Waals surface area contributed by atoms with Gasteiger partial charge < -0.3 is 5.32 Å². The van der Waals surface area contributed by atoms with Crippen molar-refractivity contribution in [3.8, 4) is 0 Å². The Hall–Kier alpha value is -1.29. The second kappa shape index (κ2) is 5.57. The summed E-state index contributed by atoms with van der Waals surface area (Å²) in [5.41, 5.74) is 0.889. The standard InChI is InChI=1S/C12H7Cl3N2O/c13-7-1-3-8(4-2-7)17-12(18)9-5-11(15)16-6-10(9)14/h1-6H,(H,17,18). The van der Waals surface area contributed by atoms with Gasteiger partial charge in [-0.2, -0.15) is 0 Å². The van der Waals surface area contributed by atoms with E-state index in [0.29, 0.717) is 10.7 Å². The Kier molecular flexibility index (Phi) is 4.07. The number of pyridine rings is 1. The van der Waals surface area contributed by atoms with Gasteiger partial charge in [-0.15, -0.1) is 0 Å². The Labute approximate surface area is 119 Å². The fourth-order valence-electron chi connectivity index (χ4n) is 1.32. The Balaban J connectivity index is 2.21. The summed E-state index contributed by atoms with van der Waals surface area (Å²) in [5, 5.41) is 3.73. The molecule has 0 bridgehead atoms. The lowest BCUT2D eigenvalue weighted by Gasteiger charge is -2.06. The molecule has 92 valence electrons. The molecule has 1 amide bonds. The highest BCUT2D eigenvalue weighted by atomic mass is 35.5. The number of carbonyl (C=O) groups excluding carboxylic acids is 1. The third-order valence-electron chi connectivity index (χ3n) is 2.17. The number of rotatable bonds is 2. The fourth-order valence-corrected chi connectivity index (χ4v) is 1.79. The molecule has 2 aromatic rings. The molecule has 0 atom stereocenters. The Morgan fingerprint density at radius 2 is 1.78 bits per heavy atom. The number of halogens is 3. The van der Waals surface area contributed by atoms with Crippen LogP contribution in [-0.4, -0.2) is 10.9 Å². The van der Waals surface area contributed by atoms with Crippen LogP contribution in [0.3, 0.4) is 0 Å². The Bertz CT molecular complexity index is 584. The summed E-state index contributed by atoms with van der Waals surface area (Å²) in [4.78, 5) is 15.7. The summed E-state index contributed by atoms with van der Waals surface area (Å²) in [5.74, 6) is -0.355. The normalized spacial score (nSPS) is 10.2. The minimum Gasteiger partial charge on any atom is -0.322 e. The van der Waals surface area contributed by atoms with Crippen molar-refractivity contribution >= 4 is 46.4 Å². The molecule has 0 saturated carbocycles. The molecular weight excluding hydrogens is 295 g/mol. The number of carbonyl (C=O) groups is 1. The predicted octanol–water partition coefficient (Wildman–Crippen LogP) is 4.29. The van der Waals surface area contributed by atoms with Crippen molar-refractivity contribution in [3.05, 3.63) is 57.3 Å². The first-order chi connectivity index (χ1) is 8.56. The van der Waals surface area contributed by atoms with Crippen molar-refractivity contribution in [3.63, 3.8) is 0 Å². The maximum absolute atomic E-state index is 12.0. The average molecular weight is 302 g/mol. The number of benzene rings is 1. The van der Waals surface area contributed by atoms with E-state index in [4.69, 9.17) is 34.8 Å². The largest absolute Gasteiger partial charge is 0.322 e. The van der Waals surface area contributed by atoms with Gasteiger partial charge in [0.15, 0.2) is 0 Å².